The summed E-state index contributed by atoms with van der Waals surface area (Å²) in [5.74, 6) is -0.519. The molecule has 1 aromatic heterocycles. The number of aliphatic hydroxyl groups excluding tert-OH is 1. The molecule has 0 bridgehead atoms. The molecule has 1 aromatic carbocycles. The summed E-state index contributed by atoms with van der Waals surface area (Å²) in [5.41, 5.74) is 1.59. The average Bonchev–Trinajstić information content (AvgIpc) is 3.41. The molecule has 164 valence electrons. The molecule has 2 amide bonds. The topological polar surface area (TPSA) is 105 Å². The van der Waals surface area contributed by atoms with Gasteiger partial charge in [-0.3, -0.25) is 9.69 Å². The number of cyclic esters (lactones) is 1. The molecule has 0 spiro atoms. The highest BCUT2D eigenvalue weighted by Crippen LogP contribution is 2.30. The summed E-state index contributed by atoms with van der Waals surface area (Å²) in [6, 6.07) is 6.12. The summed E-state index contributed by atoms with van der Waals surface area (Å²) in [5, 5.41) is 13.0. The fraction of sp³-hybridized carbons (Fsp3) is 0.381. The van der Waals surface area contributed by atoms with E-state index in [1.165, 1.54) is 29.1 Å². The number of rotatable bonds is 6. The number of halogens is 1. The molecule has 1 saturated heterocycles. The molecule has 31 heavy (non-hydrogen) atoms. The van der Waals surface area contributed by atoms with Crippen LogP contribution in [0.5, 0.6) is 5.88 Å². The van der Waals surface area contributed by atoms with Gasteiger partial charge in [0.25, 0.3) is 11.8 Å². The van der Waals surface area contributed by atoms with E-state index in [0.717, 1.165) is 5.57 Å². The van der Waals surface area contributed by atoms with E-state index in [2.05, 4.69) is 9.68 Å². The third-order valence-corrected chi connectivity index (χ3v) is 5.19. The van der Waals surface area contributed by atoms with Crippen LogP contribution in [-0.2, 0) is 9.53 Å². The van der Waals surface area contributed by atoms with Crippen LogP contribution in [0.4, 0.5) is 14.9 Å². The predicted octanol–water partition coefficient (Wildman–Crippen LogP) is 2.21. The molecule has 0 aliphatic carbocycles. The Morgan fingerprint density at radius 3 is 2.90 bits per heavy atom. The average molecular weight is 431 g/mol. The first kappa shape index (κ1) is 20.9. The molecule has 2 aromatic rings. The van der Waals surface area contributed by atoms with Crippen molar-refractivity contribution < 1.29 is 33.1 Å². The number of hydrogen-bond acceptors (Lipinski definition) is 7. The summed E-state index contributed by atoms with van der Waals surface area (Å²) in [6.07, 6.45) is 1.47. The zero-order chi connectivity index (χ0) is 22.0. The largest absolute Gasteiger partial charge is 0.471 e. The molecule has 4 rings (SSSR count). The normalized spacial score (nSPS) is 19.8. The molecule has 1 fully saturated rings. The number of amides is 2. The molecular weight excluding hydrogens is 409 g/mol. The van der Waals surface area contributed by atoms with Crippen LogP contribution in [0.1, 0.15) is 18.9 Å². The van der Waals surface area contributed by atoms with Crippen LogP contribution >= 0.6 is 0 Å². The number of carbonyl (C=O) groups is 2. The lowest BCUT2D eigenvalue weighted by atomic mass is 9.98. The van der Waals surface area contributed by atoms with Gasteiger partial charge < -0.3 is 24.0 Å². The number of ether oxygens (including phenoxy) is 2. The van der Waals surface area contributed by atoms with E-state index in [4.69, 9.17) is 9.47 Å². The van der Waals surface area contributed by atoms with E-state index in [-0.39, 0.29) is 19.1 Å². The van der Waals surface area contributed by atoms with Crippen LogP contribution < -0.4 is 9.64 Å². The van der Waals surface area contributed by atoms with Gasteiger partial charge >= 0.3 is 6.09 Å². The minimum absolute atomic E-state index is 0.101. The fourth-order valence-corrected chi connectivity index (χ4v) is 3.58. The van der Waals surface area contributed by atoms with E-state index in [1.807, 2.05) is 0 Å². The van der Waals surface area contributed by atoms with Crippen LogP contribution in [0.25, 0.3) is 5.57 Å². The van der Waals surface area contributed by atoms with E-state index < -0.39 is 24.1 Å². The second kappa shape index (κ2) is 8.76. The van der Waals surface area contributed by atoms with Gasteiger partial charge in [-0.25, -0.2) is 9.18 Å². The zero-order valence-electron chi connectivity index (χ0n) is 16.9. The molecule has 0 radical (unpaired) electrons. The summed E-state index contributed by atoms with van der Waals surface area (Å²) >= 11 is 0. The van der Waals surface area contributed by atoms with Gasteiger partial charge in [-0.05, 0) is 42.3 Å². The number of nitrogens with zero attached hydrogens (tertiary/aromatic N) is 3. The number of benzene rings is 1. The Balaban J connectivity index is 1.41. The summed E-state index contributed by atoms with van der Waals surface area (Å²) in [7, 11) is 0. The summed E-state index contributed by atoms with van der Waals surface area (Å²) in [6.45, 7) is 2.46. The molecule has 1 N–H and O–H groups in total. The first-order valence-electron chi connectivity index (χ1n) is 9.89. The second-order valence-corrected chi connectivity index (χ2v) is 7.37. The van der Waals surface area contributed by atoms with Gasteiger partial charge in [0.15, 0.2) is 6.10 Å². The third kappa shape index (κ3) is 4.53. The number of aliphatic hydroxyl groups is 1. The summed E-state index contributed by atoms with van der Waals surface area (Å²) < 4.78 is 30.2. The third-order valence-electron chi connectivity index (χ3n) is 5.19. The maximum absolute atomic E-state index is 14.8. The van der Waals surface area contributed by atoms with Crippen molar-refractivity contribution in [3.8, 4) is 5.88 Å². The van der Waals surface area contributed by atoms with Gasteiger partial charge in [-0.15, -0.1) is 0 Å². The van der Waals surface area contributed by atoms with E-state index >= 15 is 0 Å². The highest BCUT2D eigenvalue weighted by Gasteiger charge is 2.33. The highest BCUT2D eigenvalue weighted by atomic mass is 19.1. The second-order valence-electron chi connectivity index (χ2n) is 7.37. The first-order valence-corrected chi connectivity index (χ1v) is 9.89. The van der Waals surface area contributed by atoms with Gasteiger partial charge in [-0.2, -0.15) is 0 Å². The molecule has 9 nitrogen and oxygen atoms in total. The number of anilines is 1. The van der Waals surface area contributed by atoms with Crippen molar-refractivity contribution in [1.82, 2.24) is 10.1 Å². The Kier molecular flexibility index (Phi) is 5.90. The molecule has 3 heterocycles. The van der Waals surface area contributed by atoms with Gasteiger partial charge in [0.05, 0.1) is 12.2 Å². The van der Waals surface area contributed by atoms with Crippen molar-refractivity contribution in [3.05, 3.63) is 48.0 Å². The monoisotopic (exact) mass is 431 g/mol. The van der Waals surface area contributed by atoms with Crippen molar-refractivity contribution in [2.45, 2.75) is 25.6 Å². The molecule has 2 aliphatic rings. The van der Waals surface area contributed by atoms with Crippen LogP contribution in [0.2, 0.25) is 0 Å². The Hall–Kier alpha value is -3.40. The van der Waals surface area contributed by atoms with Crippen LogP contribution in [0.3, 0.4) is 0 Å². The Morgan fingerprint density at radius 1 is 1.42 bits per heavy atom. The van der Waals surface area contributed by atoms with Gasteiger partial charge in [0.1, 0.15) is 24.8 Å². The van der Waals surface area contributed by atoms with E-state index in [9.17, 15) is 19.1 Å². The standard InChI is InChI=1S/C21H22FN3O6/c1-13(26)20(27)24-7-4-14(5-8-24)17-3-2-15(10-18(17)22)25-11-16(31-21(25)28)12-29-19-6-9-30-23-19/h2-4,6,9-10,13,16,26H,5,7-8,11-12H2,1H3/t13-,16+/m0/s1. The van der Waals surface area contributed by atoms with E-state index in [0.29, 0.717) is 36.6 Å². The van der Waals surface area contributed by atoms with Crippen molar-refractivity contribution in [3.63, 3.8) is 0 Å². The number of carbonyl (C=O) groups excluding carboxylic acids is 2. The minimum atomic E-state index is -1.06. The lowest BCUT2D eigenvalue weighted by molar-refractivity contribution is -0.138. The quantitative estimate of drug-likeness (QED) is 0.748. The lowest BCUT2D eigenvalue weighted by Crippen LogP contribution is -2.40. The van der Waals surface area contributed by atoms with Crippen molar-refractivity contribution in [2.24, 2.45) is 0 Å². The lowest BCUT2D eigenvalue weighted by Gasteiger charge is -2.28. The van der Waals surface area contributed by atoms with Crippen molar-refractivity contribution in [1.29, 1.82) is 0 Å². The van der Waals surface area contributed by atoms with Crippen LogP contribution in [0.15, 0.2) is 41.1 Å². The van der Waals surface area contributed by atoms with Crippen molar-refractivity contribution in [2.75, 3.05) is 31.1 Å². The highest BCUT2D eigenvalue weighted by molar-refractivity contribution is 5.90. The Labute approximate surface area is 177 Å². The van der Waals surface area contributed by atoms with Crippen molar-refractivity contribution >= 4 is 23.3 Å². The smallest absolute Gasteiger partial charge is 0.414 e. The number of hydrogen-bond donors (Lipinski definition) is 1. The van der Waals surface area contributed by atoms with Crippen LogP contribution in [0, 0.1) is 5.82 Å². The number of aromatic nitrogens is 1. The fourth-order valence-electron chi connectivity index (χ4n) is 3.58. The van der Waals surface area contributed by atoms with Gasteiger partial charge in [-0.1, -0.05) is 6.08 Å². The summed E-state index contributed by atoms with van der Waals surface area (Å²) in [4.78, 5) is 27.0. The Bertz CT molecular complexity index is 991. The van der Waals surface area contributed by atoms with Crippen LogP contribution in [-0.4, -0.2) is 65.6 Å². The van der Waals surface area contributed by atoms with Gasteiger partial charge in [0.2, 0.25) is 0 Å². The predicted molar refractivity (Wildman–Crippen MR) is 107 cm³/mol. The zero-order valence-corrected chi connectivity index (χ0v) is 16.9. The minimum Gasteiger partial charge on any atom is -0.471 e. The Morgan fingerprint density at radius 2 is 2.26 bits per heavy atom. The first-order chi connectivity index (χ1) is 14.9. The molecule has 2 atom stereocenters. The SMILES string of the molecule is C[C@H](O)C(=O)N1CC=C(c2ccc(N3C[C@H](COc4ccon4)OC3=O)cc2F)CC1. The van der Waals surface area contributed by atoms with Gasteiger partial charge in [0, 0.05) is 24.7 Å². The molecule has 0 saturated carbocycles. The van der Waals surface area contributed by atoms with E-state index in [1.54, 1.807) is 24.3 Å². The molecule has 2 aliphatic heterocycles. The molecule has 10 heteroatoms. The maximum atomic E-state index is 14.8. The molecule has 0 unspecified atom stereocenters. The molecular formula is C21H22FN3O6. The maximum Gasteiger partial charge on any atom is 0.414 e.